The van der Waals surface area contributed by atoms with Crippen LogP contribution in [0.3, 0.4) is 0 Å². The predicted molar refractivity (Wildman–Crippen MR) is 74.0 cm³/mol. The van der Waals surface area contributed by atoms with Crippen molar-refractivity contribution in [3.05, 3.63) is 22.5 Å². The summed E-state index contributed by atoms with van der Waals surface area (Å²) >= 11 is 1.53. The van der Waals surface area contributed by atoms with Crippen molar-refractivity contribution in [3.8, 4) is 11.3 Å². The fourth-order valence-corrected chi connectivity index (χ4v) is 3.08. The van der Waals surface area contributed by atoms with Crippen molar-refractivity contribution >= 4 is 17.2 Å². The zero-order valence-corrected chi connectivity index (χ0v) is 11.4. The second-order valence-electron chi connectivity index (χ2n) is 4.84. The minimum Gasteiger partial charge on any atom is -0.286 e. The molecule has 1 fully saturated rings. The SMILES string of the molecule is O=C(NNC1CCCCC1)c1nnc2ccscc1-2. The van der Waals surface area contributed by atoms with E-state index in [1.54, 1.807) is 0 Å². The van der Waals surface area contributed by atoms with Crippen LogP contribution in [0, 0.1) is 0 Å². The second kappa shape index (κ2) is 5.63. The highest BCUT2D eigenvalue weighted by atomic mass is 32.1. The third-order valence-electron chi connectivity index (χ3n) is 3.49. The number of nitrogens with zero attached hydrogens (tertiary/aromatic N) is 2. The van der Waals surface area contributed by atoms with Crippen LogP contribution >= 0.6 is 11.3 Å². The van der Waals surface area contributed by atoms with Crippen molar-refractivity contribution in [2.75, 3.05) is 0 Å². The Balaban J connectivity index is 1.64. The number of carbonyl (C=O) groups is 1. The van der Waals surface area contributed by atoms with E-state index in [1.165, 1.54) is 30.6 Å². The number of carbonyl (C=O) groups excluding carboxylic acids is 1. The zero-order chi connectivity index (χ0) is 13.1. The van der Waals surface area contributed by atoms with E-state index in [9.17, 15) is 4.79 Å². The summed E-state index contributed by atoms with van der Waals surface area (Å²) in [5.74, 6) is -0.202. The monoisotopic (exact) mass is 276 g/mol. The molecule has 0 unspecified atom stereocenters. The van der Waals surface area contributed by atoms with Gasteiger partial charge in [0.05, 0.1) is 5.69 Å². The quantitative estimate of drug-likeness (QED) is 0.843. The molecule has 0 aromatic heterocycles. The van der Waals surface area contributed by atoms with Gasteiger partial charge in [0.2, 0.25) is 0 Å². The van der Waals surface area contributed by atoms with Crippen LogP contribution in [-0.2, 0) is 0 Å². The normalized spacial score (nSPS) is 16.6. The molecule has 2 N–H and O–H groups in total. The summed E-state index contributed by atoms with van der Waals surface area (Å²) in [6.45, 7) is 0. The maximum absolute atomic E-state index is 12.1. The summed E-state index contributed by atoms with van der Waals surface area (Å²) < 4.78 is 0. The molecule has 0 bridgehead atoms. The minimum atomic E-state index is -0.202. The van der Waals surface area contributed by atoms with Gasteiger partial charge in [-0.05, 0) is 24.3 Å². The van der Waals surface area contributed by atoms with Crippen LogP contribution in [0.1, 0.15) is 42.6 Å². The summed E-state index contributed by atoms with van der Waals surface area (Å²) in [6.07, 6.45) is 6.00. The molecule has 5 nitrogen and oxygen atoms in total. The van der Waals surface area contributed by atoms with Gasteiger partial charge >= 0.3 is 0 Å². The molecule has 6 heteroatoms. The lowest BCUT2D eigenvalue weighted by molar-refractivity contribution is 0.0915. The average Bonchev–Trinajstić information content (AvgIpc) is 2.90. The molecule has 0 aromatic rings. The molecule has 2 aliphatic heterocycles. The van der Waals surface area contributed by atoms with Crippen LogP contribution in [0.4, 0.5) is 0 Å². The van der Waals surface area contributed by atoms with Gasteiger partial charge < -0.3 is 0 Å². The fraction of sp³-hybridized carbons (Fsp3) is 0.462. The summed E-state index contributed by atoms with van der Waals surface area (Å²) in [5, 5.41) is 11.8. The number of hydrazine groups is 1. The lowest BCUT2D eigenvalue weighted by Crippen LogP contribution is -2.45. The maximum atomic E-state index is 12.1. The first-order valence-corrected chi connectivity index (χ1v) is 7.53. The van der Waals surface area contributed by atoms with Crippen molar-refractivity contribution in [3.63, 3.8) is 0 Å². The number of aromatic nitrogens is 2. The molecular formula is C13H16N4OS. The number of fused-ring (bicyclic) bond motifs is 1. The molecule has 0 spiro atoms. The zero-order valence-electron chi connectivity index (χ0n) is 10.6. The summed E-state index contributed by atoms with van der Waals surface area (Å²) in [4.78, 5) is 12.1. The molecule has 1 amide bonds. The number of hydrogen-bond acceptors (Lipinski definition) is 5. The van der Waals surface area contributed by atoms with Crippen LogP contribution in [-0.4, -0.2) is 22.1 Å². The van der Waals surface area contributed by atoms with E-state index < -0.39 is 0 Å². The maximum Gasteiger partial charge on any atom is 0.286 e. The Bertz CT molecular complexity index is 535. The smallest absolute Gasteiger partial charge is 0.286 e. The van der Waals surface area contributed by atoms with Crippen LogP contribution in [0.25, 0.3) is 11.3 Å². The summed E-state index contributed by atoms with van der Waals surface area (Å²) in [7, 11) is 0. The molecule has 0 saturated heterocycles. The van der Waals surface area contributed by atoms with Crippen LogP contribution in [0.2, 0.25) is 0 Å². The largest absolute Gasteiger partial charge is 0.286 e. The molecule has 100 valence electrons. The van der Waals surface area contributed by atoms with Gasteiger partial charge in [-0.2, -0.15) is 11.3 Å². The highest BCUT2D eigenvalue weighted by Crippen LogP contribution is 2.24. The molecule has 0 atom stereocenters. The Morgan fingerprint density at radius 1 is 1.26 bits per heavy atom. The van der Waals surface area contributed by atoms with Gasteiger partial charge in [-0.25, -0.2) is 5.43 Å². The van der Waals surface area contributed by atoms with Crippen molar-refractivity contribution in [2.24, 2.45) is 0 Å². The van der Waals surface area contributed by atoms with E-state index in [0.29, 0.717) is 11.7 Å². The number of amides is 1. The predicted octanol–water partition coefficient (Wildman–Crippen LogP) is 2.21. The summed E-state index contributed by atoms with van der Waals surface area (Å²) in [6, 6.07) is 2.26. The van der Waals surface area contributed by atoms with Crippen LogP contribution in [0.15, 0.2) is 16.8 Å². The second-order valence-corrected chi connectivity index (χ2v) is 5.62. The Kier molecular flexibility index (Phi) is 3.70. The topological polar surface area (TPSA) is 66.9 Å². The third kappa shape index (κ3) is 2.74. The molecule has 0 aromatic carbocycles. The van der Waals surface area contributed by atoms with E-state index in [4.69, 9.17) is 0 Å². The van der Waals surface area contributed by atoms with Crippen molar-refractivity contribution in [1.29, 1.82) is 0 Å². The van der Waals surface area contributed by atoms with Gasteiger partial charge in [0, 0.05) is 17.0 Å². The van der Waals surface area contributed by atoms with Gasteiger partial charge in [0.25, 0.3) is 5.91 Å². The molecule has 1 aliphatic carbocycles. The van der Waals surface area contributed by atoms with Crippen molar-refractivity contribution in [2.45, 2.75) is 38.1 Å². The molecular weight excluding hydrogens is 260 g/mol. The number of hydrogen-bond donors (Lipinski definition) is 2. The lowest BCUT2D eigenvalue weighted by Gasteiger charge is -2.22. The summed E-state index contributed by atoms with van der Waals surface area (Å²) in [5.41, 5.74) is 7.85. The van der Waals surface area contributed by atoms with E-state index in [1.807, 2.05) is 16.8 Å². The highest BCUT2D eigenvalue weighted by molar-refractivity contribution is 7.07. The average molecular weight is 276 g/mol. The van der Waals surface area contributed by atoms with Crippen LogP contribution in [0.5, 0.6) is 0 Å². The van der Waals surface area contributed by atoms with Gasteiger partial charge in [-0.3, -0.25) is 10.2 Å². The van der Waals surface area contributed by atoms with Crippen LogP contribution < -0.4 is 10.9 Å². The first kappa shape index (κ1) is 12.5. The number of nitrogens with one attached hydrogen (secondary N) is 2. The Hall–Kier alpha value is -1.53. The van der Waals surface area contributed by atoms with E-state index >= 15 is 0 Å². The molecule has 3 rings (SSSR count). The molecule has 19 heavy (non-hydrogen) atoms. The fourth-order valence-electron chi connectivity index (χ4n) is 2.42. The first-order chi connectivity index (χ1) is 9.34. The van der Waals surface area contributed by atoms with Gasteiger partial charge in [-0.15, -0.1) is 10.2 Å². The highest BCUT2D eigenvalue weighted by Gasteiger charge is 2.20. The standard InChI is InChI=1S/C13H16N4OS/c18-13(17-14-9-4-2-1-3-5-9)12-10-8-19-7-6-11(10)15-16-12/h6-9,14H,1-5H2,(H,17,18). The lowest BCUT2D eigenvalue weighted by atomic mass is 9.96. The Labute approximate surface area is 115 Å². The van der Waals surface area contributed by atoms with Gasteiger partial charge in [0.1, 0.15) is 0 Å². The van der Waals surface area contributed by atoms with Crippen molar-refractivity contribution in [1.82, 2.24) is 21.0 Å². The number of rotatable bonds is 3. The van der Waals surface area contributed by atoms with Gasteiger partial charge in [0.15, 0.2) is 5.69 Å². The van der Waals surface area contributed by atoms with E-state index in [-0.39, 0.29) is 5.91 Å². The Morgan fingerprint density at radius 3 is 2.95 bits per heavy atom. The van der Waals surface area contributed by atoms with E-state index in [2.05, 4.69) is 21.0 Å². The molecule has 0 radical (unpaired) electrons. The first-order valence-electron chi connectivity index (χ1n) is 6.59. The molecule has 2 heterocycles. The molecule has 3 aliphatic rings. The van der Waals surface area contributed by atoms with Crippen molar-refractivity contribution < 1.29 is 4.79 Å². The van der Waals surface area contributed by atoms with E-state index in [0.717, 1.165) is 24.1 Å². The third-order valence-corrected chi connectivity index (χ3v) is 4.15. The Morgan fingerprint density at radius 2 is 2.11 bits per heavy atom. The minimum absolute atomic E-state index is 0.202. The molecule has 1 saturated carbocycles. The van der Waals surface area contributed by atoms with Gasteiger partial charge in [-0.1, -0.05) is 19.3 Å².